The number of fused-ring (bicyclic) bond motifs is 1. The van der Waals surface area contributed by atoms with Crippen LogP contribution < -0.4 is 10.9 Å². The number of pyridine rings is 1. The first-order chi connectivity index (χ1) is 14.1. The van der Waals surface area contributed by atoms with E-state index in [1.165, 1.54) is 25.1 Å². The van der Waals surface area contributed by atoms with Crippen molar-refractivity contribution in [3.8, 4) is 0 Å². The Bertz CT molecular complexity index is 1170. The molecule has 1 fully saturated rings. The average molecular weight is 418 g/mol. The van der Waals surface area contributed by atoms with Gasteiger partial charge in [0.25, 0.3) is 5.56 Å². The Hall–Kier alpha value is -2.94. The molecule has 0 radical (unpaired) electrons. The predicted molar refractivity (Wildman–Crippen MR) is 106 cm³/mol. The van der Waals surface area contributed by atoms with Gasteiger partial charge in [-0.1, -0.05) is 12.1 Å². The van der Waals surface area contributed by atoms with E-state index in [-0.39, 0.29) is 28.5 Å². The third-order valence-electron chi connectivity index (χ3n) is 5.59. The largest absolute Gasteiger partial charge is 0.416 e. The standard InChI is InChI=1S/C21H21F3N4O2/c1-11-14(7-4-8-16(11)21(22,23)24)20(30)27-19-15-10-28(13-5-3-6-13)18(29)9-17(15)25-12(2)26-19/h4,7-10,13,20,30H,3,5-6H2,1-2H3,(H,25,26,27)/t20-/m1/s1. The Labute approximate surface area is 170 Å². The van der Waals surface area contributed by atoms with E-state index in [0.717, 1.165) is 25.3 Å². The molecule has 0 saturated heterocycles. The normalized spacial score (nSPS) is 15.8. The number of nitrogens with one attached hydrogen (secondary N) is 1. The second-order valence-corrected chi connectivity index (χ2v) is 7.59. The molecule has 2 heterocycles. The third-order valence-corrected chi connectivity index (χ3v) is 5.59. The van der Waals surface area contributed by atoms with Crippen molar-refractivity contribution in [3.63, 3.8) is 0 Å². The lowest BCUT2D eigenvalue weighted by Crippen LogP contribution is -2.28. The predicted octanol–water partition coefficient (Wildman–Crippen LogP) is 4.26. The Morgan fingerprint density at radius 2 is 1.97 bits per heavy atom. The number of aliphatic hydroxyl groups is 1. The van der Waals surface area contributed by atoms with E-state index in [9.17, 15) is 23.1 Å². The van der Waals surface area contributed by atoms with Crippen LogP contribution in [0.25, 0.3) is 10.9 Å². The molecule has 1 saturated carbocycles. The Kier molecular flexibility index (Phi) is 5.01. The van der Waals surface area contributed by atoms with Gasteiger partial charge in [-0.3, -0.25) is 4.79 Å². The van der Waals surface area contributed by atoms with Gasteiger partial charge in [0.15, 0.2) is 6.23 Å². The van der Waals surface area contributed by atoms with E-state index >= 15 is 0 Å². The van der Waals surface area contributed by atoms with E-state index in [1.54, 1.807) is 17.7 Å². The Balaban J connectivity index is 1.76. The molecule has 30 heavy (non-hydrogen) atoms. The summed E-state index contributed by atoms with van der Waals surface area (Å²) in [5.41, 5.74) is -0.513. The van der Waals surface area contributed by atoms with E-state index in [4.69, 9.17) is 0 Å². The van der Waals surface area contributed by atoms with Gasteiger partial charge in [0.2, 0.25) is 0 Å². The lowest BCUT2D eigenvalue weighted by Gasteiger charge is -2.28. The molecule has 0 bridgehead atoms. The van der Waals surface area contributed by atoms with Crippen molar-refractivity contribution in [2.24, 2.45) is 0 Å². The minimum Gasteiger partial charge on any atom is -0.369 e. The lowest BCUT2D eigenvalue weighted by molar-refractivity contribution is -0.138. The van der Waals surface area contributed by atoms with Gasteiger partial charge in [-0.05, 0) is 44.7 Å². The van der Waals surface area contributed by atoms with Crippen LogP contribution in [0.4, 0.5) is 19.0 Å². The second-order valence-electron chi connectivity index (χ2n) is 7.59. The molecule has 0 amide bonds. The molecule has 0 unspecified atom stereocenters. The quantitative estimate of drug-likeness (QED) is 0.619. The summed E-state index contributed by atoms with van der Waals surface area (Å²) in [5, 5.41) is 14.0. The van der Waals surface area contributed by atoms with Crippen molar-refractivity contribution >= 4 is 16.7 Å². The smallest absolute Gasteiger partial charge is 0.369 e. The fraction of sp³-hybridized carbons (Fsp3) is 0.381. The molecule has 1 aliphatic rings. The van der Waals surface area contributed by atoms with Gasteiger partial charge in [-0.15, -0.1) is 0 Å². The lowest BCUT2D eigenvalue weighted by atomic mass is 9.93. The van der Waals surface area contributed by atoms with Crippen LogP contribution in [0, 0.1) is 13.8 Å². The van der Waals surface area contributed by atoms with Crippen LogP contribution in [0.5, 0.6) is 0 Å². The number of halogens is 3. The van der Waals surface area contributed by atoms with Crippen LogP contribution in [0.15, 0.2) is 35.3 Å². The zero-order valence-electron chi connectivity index (χ0n) is 16.5. The molecule has 1 atom stereocenters. The average Bonchev–Trinajstić information content (AvgIpc) is 2.60. The zero-order valence-corrected chi connectivity index (χ0v) is 16.5. The van der Waals surface area contributed by atoms with Crippen molar-refractivity contribution in [1.82, 2.24) is 14.5 Å². The SMILES string of the molecule is Cc1nc(N[C@H](O)c2cccc(C(F)(F)F)c2C)c2cn(C3CCC3)c(=O)cc2n1. The molecule has 0 spiro atoms. The maximum absolute atomic E-state index is 13.2. The number of rotatable bonds is 4. The van der Waals surface area contributed by atoms with Crippen molar-refractivity contribution in [3.05, 3.63) is 63.3 Å². The highest BCUT2D eigenvalue weighted by molar-refractivity contribution is 5.88. The van der Waals surface area contributed by atoms with Gasteiger partial charge < -0.3 is 15.0 Å². The maximum atomic E-state index is 13.2. The monoisotopic (exact) mass is 418 g/mol. The third kappa shape index (κ3) is 3.65. The van der Waals surface area contributed by atoms with Crippen molar-refractivity contribution < 1.29 is 18.3 Å². The van der Waals surface area contributed by atoms with Crippen LogP contribution in [0.3, 0.4) is 0 Å². The van der Waals surface area contributed by atoms with Crippen LogP contribution in [-0.4, -0.2) is 19.6 Å². The highest BCUT2D eigenvalue weighted by Crippen LogP contribution is 2.35. The Morgan fingerprint density at radius 3 is 2.60 bits per heavy atom. The van der Waals surface area contributed by atoms with Gasteiger partial charge in [-0.25, -0.2) is 9.97 Å². The van der Waals surface area contributed by atoms with Crippen LogP contribution in [-0.2, 0) is 6.18 Å². The molecule has 0 aliphatic heterocycles. The molecule has 1 aromatic carbocycles. The molecule has 2 aromatic heterocycles. The maximum Gasteiger partial charge on any atom is 0.416 e. The number of aliphatic hydroxyl groups excluding tert-OH is 1. The number of aryl methyl sites for hydroxylation is 1. The molecule has 2 N–H and O–H groups in total. The van der Waals surface area contributed by atoms with Gasteiger partial charge in [0.05, 0.1) is 16.5 Å². The van der Waals surface area contributed by atoms with Crippen LogP contribution in [0.2, 0.25) is 0 Å². The summed E-state index contributed by atoms with van der Waals surface area (Å²) in [6.45, 7) is 2.96. The fourth-order valence-corrected chi connectivity index (χ4v) is 3.76. The summed E-state index contributed by atoms with van der Waals surface area (Å²) < 4.78 is 41.3. The zero-order chi connectivity index (χ0) is 21.6. The van der Waals surface area contributed by atoms with Crippen molar-refractivity contribution in [2.75, 3.05) is 5.32 Å². The minimum atomic E-state index is -4.52. The van der Waals surface area contributed by atoms with Gasteiger partial charge in [0.1, 0.15) is 11.6 Å². The Morgan fingerprint density at radius 1 is 1.23 bits per heavy atom. The number of aromatic nitrogens is 3. The molecule has 4 rings (SSSR count). The molecule has 9 heteroatoms. The highest BCUT2D eigenvalue weighted by Gasteiger charge is 2.33. The van der Waals surface area contributed by atoms with E-state index in [2.05, 4.69) is 15.3 Å². The first kappa shape index (κ1) is 20.3. The van der Waals surface area contributed by atoms with Crippen LogP contribution >= 0.6 is 0 Å². The molecule has 3 aromatic rings. The number of nitrogens with zero attached hydrogens (tertiary/aromatic N) is 3. The van der Waals surface area contributed by atoms with Crippen LogP contribution in [0.1, 0.15) is 54.0 Å². The number of anilines is 1. The number of alkyl halides is 3. The minimum absolute atomic E-state index is 0.0635. The molecule has 6 nitrogen and oxygen atoms in total. The summed E-state index contributed by atoms with van der Waals surface area (Å²) in [6.07, 6.45) is -1.40. The van der Waals surface area contributed by atoms with Gasteiger partial charge >= 0.3 is 6.18 Å². The van der Waals surface area contributed by atoms with E-state index in [0.29, 0.717) is 16.7 Å². The van der Waals surface area contributed by atoms with E-state index in [1.807, 2.05) is 0 Å². The first-order valence-corrected chi connectivity index (χ1v) is 9.67. The molecular formula is C21H21F3N4O2. The number of hydrogen-bond donors (Lipinski definition) is 2. The molecular weight excluding hydrogens is 397 g/mol. The summed E-state index contributed by atoms with van der Waals surface area (Å²) >= 11 is 0. The summed E-state index contributed by atoms with van der Waals surface area (Å²) in [6, 6.07) is 5.21. The van der Waals surface area contributed by atoms with Gasteiger partial charge in [-0.2, -0.15) is 13.2 Å². The van der Waals surface area contributed by atoms with Crippen molar-refractivity contribution in [1.29, 1.82) is 0 Å². The first-order valence-electron chi connectivity index (χ1n) is 9.67. The summed E-state index contributed by atoms with van der Waals surface area (Å²) in [4.78, 5) is 21.0. The number of hydrogen-bond acceptors (Lipinski definition) is 5. The molecule has 1 aliphatic carbocycles. The van der Waals surface area contributed by atoms with E-state index < -0.39 is 18.0 Å². The summed E-state index contributed by atoms with van der Waals surface area (Å²) in [7, 11) is 0. The number of benzene rings is 1. The van der Waals surface area contributed by atoms with Gasteiger partial charge in [0, 0.05) is 23.9 Å². The summed E-state index contributed by atoms with van der Waals surface area (Å²) in [5.74, 6) is 0.633. The molecule has 158 valence electrons. The topological polar surface area (TPSA) is 80.0 Å². The second kappa shape index (κ2) is 7.39. The highest BCUT2D eigenvalue weighted by atomic mass is 19.4. The van der Waals surface area contributed by atoms with Crippen molar-refractivity contribution in [2.45, 2.75) is 51.6 Å². The fourth-order valence-electron chi connectivity index (χ4n) is 3.76.